The predicted molar refractivity (Wildman–Crippen MR) is 109 cm³/mol. The molecule has 1 unspecified atom stereocenters. The molecule has 3 rings (SSSR count). The van der Waals surface area contributed by atoms with E-state index in [0.29, 0.717) is 13.0 Å². The van der Waals surface area contributed by atoms with Gasteiger partial charge >= 0.3 is 5.97 Å². The lowest BCUT2D eigenvalue weighted by Crippen LogP contribution is -2.41. The number of hydrogen-bond donors (Lipinski definition) is 1. The zero-order chi connectivity index (χ0) is 19.8. The number of hydrogen-bond acceptors (Lipinski definition) is 4. The maximum atomic E-state index is 10.7. The molecule has 1 saturated heterocycles. The molecule has 0 bridgehead atoms. The zero-order valence-corrected chi connectivity index (χ0v) is 16.5. The van der Waals surface area contributed by atoms with Gasteiger partial charge in [-0.15, -0.1) is 0 Å². The summed E-state index contributed by atoms with van der Waals surface area (Å²) in [7, 11) is 1.67. The third-order valence-electron chi connectivity index (χ3n) is 5.21. The Morgan fingerprint density at radius 2 is 1.75 bits per heavy atom. The molecule has 28 heavy (non-hydrogen) atoms. The highest BCUT2D eigenvalue weighted by atomic mass is 16.5. The van der Waals surface area contributed by atoms with Crippen LogP contribution in [0, 0.1) is 0 Å². The van der Waals surface area contributed by atoms with E-state index in [0.717, 1.165) is 49.2 Å². The smallest absolute Gasteiger partial charge is 0.303 e. The minimum Gasteiger partial charge on any atom is -0.497 e. The number of methoxy groups -OCH3 is 1. The second kappa shape index (κ2) is 10.2. The number of nitrogens with zero attached hydrogens (tertiary/aromatic N) is 1. The Labute approximate surface area is 166 Å². The number of rotatable bonds is 9. The van der Waals surface area contributed by atoms with Gasteiger partial charge in [0.2, 0.25) is 0 Å². The van der Waals surface area contributed by atoms with Crippen LogP contribution < -0.4 is 4.74 Å². The summed E-state index contributed by atoms with van der Waals surface area (Å²) in [6.45, 7) is 2.34. The van der Waals surface area contributed by atoms with E-state index in [1.54, 1.807) is 7.11 Å². The Hall–Kier alpha value is -2.37. The van der Waals surface area contributed by atoms with Crippen LogP contribution in [0.4, 0.5) is 0 Å². The van der Waals surface area contributed by atoms with Crippen LogP contribution in [0.3, 0.4) is 0 Å². The van der Waals surface area contributed by atoms with Gasteiger partial charge in [-0.3, -0.25) is 9.69 Å². The summed E-state index contributed by atoms with van der Waals surface area (Å²) >= 11 is 0. The molecule has 5 nitrogen and oxygen atoms in total. The van der Waals surface area contributed by atoms with Gasteiger partial charge in [0.25, 0.3) is 0 Å². The van der Waals surface area contributed by atoms with Crippen LogP contribution in [0.5, 0.6) is 5.75 Å². The third-order valence-corrected chi connectivity index (χ3v) is 5.21. The molecular formula is C23H29NO4. The minimum absolute atomic E-state index is 0.0869. The summed E-state index contributed by atoms with van der Waals surface area (Å²) < 4.78 is 11.4. The van der Waals surface area contributed by atoms with E-state index in [4.69, 9.17) is 14.6 Å². The number of carboxylic acids is 1. The molecule has 0 radical (unpaired) electrons. The number of carbonyl (C=O) groups is 1. The first-order valence-electron chi connectivity index (χ1n) is 9.96. The fourth-order valence-electron chi connectivity index (χ4n) is 3.61. The molecule has 0 amide bonds. The average molecular weight is 383 g/mol. The van der Waals surface area contributed by atoms with Crippen molar-refractivity contribution in [2.45, 2.75) is 44.9 Å². The SMILES string of the molecule is COc1ccc(-c2ccc(COC3CCCCN3CCCC(=O)O)cc2)cc1. The standard InChI is InChI=1S/C23H29NO4/c1-27-21-13-11-20(12-14-21)19-9-7-18(8-10-19)17-28-22-5-2-3-15-24(22)16-4-6-23(25)26/h7-14,22H,2-6,15-17H2,1H3,(H,25,26). The van der Waals surface area contributed by atoms with Gasteiger partial charge in [-0.25, -0.2) is 0 Å². The maximum absolute atomic E-state index is 10.7. The van der Waals surface area contributed by atoms with Crippen LogP contribution in [0.2, 0.25) is 0 Å². The van der Waals surface area contributed by atoms with Crippen LogP contribution in [-0.2, 0) is 16.1 Å². The molecule has 1 heterocycles. The summed E-state index contributed by atoms with van der Waals surface area (Å²) in [5, 5.41) is 8.84. The lowest BCUT2D eigenvalue weighted by molar-refractivity contribution is -0.137. The first-order valence-corrected chi connectivity index (χ1v) is 9.96. The zero-order valence-electron chi connectivity index (χ0n) is 16.5. The van der Waals surface area contributed by atoms with Crippen molar-refractivity contribution in [2.24, 2.45) is 0 Å². The van der Waals surface area contributed by atoms with Crippen LogP contribution >= 0.6 is 0 Å². The van der Waals surface area contributed by atoms with Gasteiger partial charge in [-0.05, 0) is 54.5 Å². The van der Waals surface area contributed by atoms with Crippen molar-refractivity contribution in [3.05, 3.63) is 54.1 Å². The van der Waals surface area contributed by atoms with Gasteiger partial charge in [0.05, 0.1) is 13.7 Å². The lowest BCUT2D eigenvalue weighted by atomic mass is 10.0. The van der Waals surface area contributed by atoms with Gasteiger partial charge in [-0.1, -0.05) is 36.4 Å². The monoisotopic (exact) mass is 383 g/mol. The topological polar surface area (TPSA) is 59.0 Å². The molecule has 0 aliphatic carbocycles. The van der Waals surface area contributed by atoms with E-state index >= 15 is 0 Å². The molecular weight excluding hydrogens is 354 g/mol. The number of ether oxygens (including phenoxy) is 2. The van der Waals surface area contributed by atoms with Gasteiger partial charge in [-0.2, -0.15) is 0 Å². The van der Waals surface area contributed by atoms with Crippen LogP contribution in [0.1, 0.15) is 37.7 Å². The highest BCUT2D eigenvalue weighted by Crippen LogP contribution is 2.24. The van der Waals surface area contributed by atoms with E-state index in [-0.39, 0.29) is 12.6 Å². The molecule has 5 heteroatoms. The Morgan fingerprint density at radius 1 is 1.07 bits per heavy atom. The number of carboxylic acid groups (broad SMARTS) is 1. The first kappa shape index (κ1) is 20.4. The summed E-state index contributed by atoms with van der Waals surface area (Å²) in [6, 6.07) is 16.5. The molecule has 2 aromatic carbocycles. The van der Waals surface area contributed by atoms with E-state index in [1.165, 1.54) is 5.56 Å². The first-order chi connectivity index (χ1) is 13.7. The van der Waals surface area contributed by atoms with Gasteiger partial charge in [0, 0.05) is 19.5 Å². The summed E-state index contributed by atoms with van der Waals surface area (Å²) in [5.74, 6) is 0.126. The van der Waals surface area contributed by atoms with Gasteiger partial charge in [0.15, 0.2) is 0 Å². The fourth-order valence-corrected chi connectivity index (χ4v) is 3.61. The number of likely N-dealkylation sites (tertiary alicyclic amines) is 1. The normalized spacial score (nSPS) is 17.4. The highest BCUT2D eigenvalue weighted by Gasteiger charge is 2.22. The van der Waals surface area contributed by atoms with Crippen molar-refractivity contribution in [3.8, 4) is 16.9 Å². The average Bonchev–Trinajstić information content (AvgIpc) is 2.73. The molecule has 1 fully saturated rings. The molecule has 2 aromatic rings. The molecule has 150 valence electrons. The van der Waals surface area contributed by atoms with Crippen LogP contribution in [0.15, 0.2) is 48.5 Å². The Bertz CT molecular complexity index is 742. The minimum atomic E-state index is -0.730. The largest absolute Gasteiger partial charge is 0.497 e. The third kappa shape index (κ3) is 5.81. The molecule has 0 saturated carbocycles. The lowest BCUT2D eigenvalue weighted by Gasteiger charge is -2.35. The van der Waals surface area contributed by atoms with Crippen molar-refractivity contribution >= 4 is 5.97 Å². The van der Waals surface area contributed by atoms with Crippen LogP contribution in [0.25, 0.3) is 11.1 Å². The second-order valence-corrected chi connectivity index (χ2v) is 7.22. The molecule has 0 spiro atoms. The predicted octanol–water partition coefficient (Wildman–Crippen LogP) is 4.56. The summed E-state index contributed by atoms with van der Waals surface area (Å²) in [6.07, 6.45) is 4.31. The van der Waals surface area contributed by atoms with Crippen molar-refractivity contribution in [1.82, 2.24) is 4.90 Å². The van der Waals surface area contributed by atoms with E-state index in [1.807, 2.05) is 12.1 Å². The van der Waals surface area contributed by atoms with E-state index in [2.05, 4.69) is 41.3 Å². The Morgan fingerprint density at radius 3 is 2.39 bits per heavy atom. The molecule has 1 N–H and O–H groups in total. The molecule has 1 atom stereocenters. The molecule has 1 aliphatic rings. The number of benzene rings is 2. The number of aliphatic carboxylic acids is 1. The van der Waals surface area contributed by atoms with Crippen LogP contribution in [-0.4, -0.2) is 42.4 Å². The summed E-state index contributed by atoms with van der Waals surface area (Å²) in [5.41, 5.74) is 3.47. The quantitative estimate of drug-likeness (QED) is 0.688. The van der Waals surface area contributed by atoms with Crippen molar-refractivity contribution in [2.75, 3.05) is 20.2 Å². The van der Waals surface area contributed by atoms with Crippen molar-refractivity contribution in [1.29, 1.82) is 0 Å². The highest BCUT2D eigenvalue weighted by molar-refractivity contribution is 5.66. The van der Waals surface area contributed by atoms with E-state index in [9.17, 15) is 4.79 Å². The van der Waals surface area contributed by atoms with Crippen molar-refractivity contribution < 1.29 is 19.4 Å². The van der Waals surface area contributed by atoms with Gasteiger partial charge in [0.1, 0.15) is 12.0 Å². The molecule has 1 aliphatic heterocycles. The van der Waals surface area contributed by atoms with Crippen molar-refractivity contribution in [3.63, 3.8) is 0 Å². The van der Waals surface area contributed by atoms with Gasteiger partial charge < -0.3 is 14.6 Å². The summed E-state index contributed by atoms with van der Waals surface area (Å²) in [4.78, 5) is 13.0. The fraction of sp³-hybridized carbons (Fsp3) is 0.435. The Kier molecular flexibility index (Phi) is 7.46. The molecule has 0 aromatic heterocycles. The maximum Gasteiger partial charge on any atom is 0.303 e. The van der Waals surface area contributed by atoms with E-state index < -0.39 is 5.97 Å². The Balaban J connectivity index is 1.53. The second-order valence-electron chi connectivity index (χ2n) is 7.22. The number of piperidine rings is 1.